The second-order valence-corrected chi connectivity index (χ2v) is 4.78. The fourth-order valence-corrected chi connectivity index (χ4v) is 2.19. The highest BCUT2D eigenvalue weighted by molar-refractivity contribution is 5.73. The molecular weight excluding hydrogens is 236 g/mol. The SMILES string of the molecule is Cc1ccc2nc(CCc3ccccc3N)oc2c1. The van der Waals surface area contributed by atoms with E-state index in [2.05, 4.69) is 4.98 Å². The van der Waals surface area contributed by atoms with Crippen molar-refractivity contribution in [1.82, 2.24) is 4.98 Å². The van der Waals surface area contributed by atoms with Crippen LogP contribution in [-0.2, 0) is 12.8 Å². The molecule has 0 unspecified atom stereocenters. The lowest BCUT2D eigenvalue weighted by Gasteiger charge is -2.02. The maximum absolute atomic E-state index is 5.93. The molecule has 0 saturated carbocycles. The van der Waals surface area contributed by atoms with Gasteiger partial charge < -0.3 is 10.2 Å². The van der Waals surface area contributed by atoms with E-state index in [9.17, 15) is 0 Å². The average molecular weight is 252 g/mol. The number of aromatic nitrogens is 1. The molecule has 3 heteroatoms. The monoisotopic (exact) mass is 252 g/mol. The minimum Gasteiger partial charge on any atom is -0.441 e. The molecule has 0 aliphatic heterocycles. The van der Waals surface area contributed by atoms with Crippen LogP contribution >= 0.6 is 0 Å². The third kappa shape index (κ3) is 2.45. The quantitative estimate of drug-likeness (QED) is 0.726. The van der Waals surface area contributed by atoms with E-state index < -0.39 is 0 Å². The summed E-state index contributed by atoms with van der Waals surface area (Å²) in [6.45, 7) is 2.05. The van der Waals surface area contributed by atoms with Gasteiger partial charge in [0.25, 0.3) is 0 Å². The van der Waals surface area contributed by atoms with Gasteiger partial charge in [0.1, 0.15) is 5.52 Å². The molecule has 0 atom stereocenters. The highest BCUT2D eigenvalue weighted by Crippen LogP contribution is 2.19. The third-order valence-electron chi connectivity index (χ3n) is 3.25. The van der Waals surface area contributed by atoms with E-state index in [4.69, 9.17) is 10.2 Å². The standard InChI is InChI=1S/C16H16N2O/c1-11-6-8-14-15(10-11)19-16(18-14)9-7-12-4-2-3-5-13(12)17/h2-6,8,10H,7,9,17H2,1H3. The Morgan fingerprint density at radius 2 is 1.95 bits per heavy atom. The normalized spacial score (nSPS) is 11.0. The lowest BCUT2D eigenvalue weighted by molar-refractivity contribution is 0.528. The van der Waals surface area contributed by atoms with Gasteiger partial charge in [0, 0.05) is 12.1 Å². The van der Waals surface area contributed by atoms with Crippen molar-refractivity contribution in [3.8, 4) is 0 Å². The number of anilines is 1. The Kier molecular flexibility index (Phi) is 2.95. The first kappa shape index (κ1) is 11.8. The summed E-state index contributed by atoms with van der Waals surface area (Å²) in [6, 6.07) is 14.0. The molecule has 3 nitrogen and oxygen atoms in total. The van der Waals surface area contributed by atoms with E-state index in [0.717, 1.165) is 41.1 Å². The Labute approximate surface area is 112 Å². The highest BCUT2D eigenvalue weighted by atomic mass is 16.3. The van der Waals surface area contributed by atoms with Gasteiger partial charge in [-0.3, -0.25) is 0 Å². The fraction of sp³-hybridized carbons (Fsp3) is 0.188. The van der Waals surface area contributed by atoms with Crippen LogP contribution in [0.1, 0.15) is 17.0 Å². The molecule has 0 spiro atoms. The third-order valence-corrected chi connectivity index (χ3v) is 3.25. The van der Waals surface area contributed by atoms with Crippen molar-refractivity contribution < 1.29 is 4.42 Å². The Morgan fingerprint density at radius 3 is 2.79 bits per heavy atom. The Hall–Kier alpha value is -2.29. The van der Waals surface area contributed by atoms with Crippen LogP contribution in [0.25, 0.3) is 11.1 Å². The van der Waals surface area contributed by atoms with Crippen LogP contribution in [0.15, 0.2) is 46.9 Å². The van der Waals surface area contributed by atoms with Crippen LogP contribution < -0.4 is 5.73 Å². The molecule has 3 aromatic rings. The minimum atomic E-state index is 0.766. The Balaban J connectivity index is 1.80. The highest BCUT2D eigenvalue weighted by Gasteiger charge is 2.07. The molecule has 1 heterocycles. The molecule has 2 N–H and O–H groups in total. The van der Waals surface area contributed by atoms with E-state index in [1.54, 1.807) is 0 Å². The van der Waals surface area contributed by atoms with Gasteiger partial charge in [-0.05, 0) is 42.7 Å². The van der Waals surface area contributed by atoms with Crippen LogP contribution in [0.5, 0.6) is 0 Å². The summed E-state index contributed by atoms with van der Waals surface area (Å²) in [5.41, 5.74) is 10.9. The molecule has 0 aliphatic rings. The summed E-state index contributed by atoms with van der Waals surface area (Å²) >= 11 is 0. The van der Waals surface area contributed by atoms with E-state index >= 15 is 0 Å². The number of oxazole rings is 1. The van der Waals surface area contributed by atoms with Gasteiger partial charge in [0.05, 0.1) is 0 Å². The second kappa shape index (κ2) is 4.76. The van der Waals surface area contributed by atoms with Gasteiger partial charge in [0.2, 0.25) is 0 Å². The number of aryl methyl sites for hydroxylation is 3. The van der Waals surface area contributed by atoms with Crippen LogP contribution in [0.4, 0.5) is 5.69 Å². The minimum absolute atomic E-state index is 0.766. The van der Waals surface area contributed by atoms with Crippen molar-refractivity contribution in [3.63, 3.8) is 0 Å². The van der Waals surface area contributed by atoms with Crippen LogP contribution in [0.2, 0.25) is 0 Å². The maximum atomic E-state index is 5.93. The molecule has 0 amide bonds. The zero-order chi connectivity index (χ0) is 13.2. The summed E-state index contributed by atoms with van der Waals surface area (Å²) < 4.78 is 5.76. The molecular formula is C16H16N2O. The first-order valence-electron chi connectivity index (χ1n) is 6.42. The predicted molar refractivity (Wildman–Crippen MR) is 77.0 cm³/mol. The van der Waals surface area contributed by atoms with Gasteiger partial charge in [-0.15, -0.1) is 0 Å². The van der Waals surface area contributed by atoms with Crippen molar-refractivity contribution in [2.24, 2.45) is 0 Å². The summed E-state index contributed by atoms with van der Waals surface area (Å²) in [6.07, 6.45) is 1.61. The first-order chi connectivity index (χ1) is 9.22. The zero-order valence-corrected chi connectivity index (χ0v) is 10.9. The number of benzene rings is 2. The molecule has 0 radical (unpaired) electrons. The summed E-state index contributed by atoms with van der Waals surface area (Å²) in [5, 5.41) is 0. The summed E-state index contributed by atoms with van der Waals surface area (Å²) in [4.78, 5) is 4.49. The van der Waals surface area contributed by atoms with E-state index in [1.807, 2.05) is 49.4 Å². The Morgan fingerprint density at radius 1 is 1.11 bits per heavy atom. The van der Waals surface area contributed by atoms with Gasteiger partial charge >= 0.3 is 0 Å². The number of nitrogens with zero attached hydrogens (tertiary/aromatic N) is 1. The molecule has 0 fully saturated rings. The molecule has 19 heavy (non-hydrogen) atoms. The lowest BCUT2D eigenvalue weighted by atomic mass is 10.1. The molecule has 0 bridgehead atoms. The molecule has 96 valence electrons. The van der Waals surface area contributed by atoms with Gasteiger partial charge in [-0.2, -0.15) is 0 Å². The van der Waals surface area contributed by atoms with E-state index in [0.29, 0.717) is 0 Å². The number of rotatable bonds is 3. The van der Waals surface area contributed by atoms with Gasteiger partial charge in [-0.1, -0.05) is 24.3 Å². The fourth-order valence-electron chi connectivity index (χ4n) is 2.19. The maximum Gasteiger partial charge on any atom is 0.195 e. The first-order valence-corrected chi connectivity index (χ1v) is 6.42. The van der Waals surface area contributed by atoms with Crippen LogP contribution in [0, 0.1) is 6.92 Å². The smallest absolute Gasteiger partial charge is 0.195 e. The number of hydrogen-bond acceptors (Lipinski definition) is 3. The molecule has 0 saturated heterocycles. The van der Waals surface area contributed by atoms with Gasteiger partial charge in [-0.25, -0.2) is 4.98 Å². The van der Waals surface area contributed by atoms with Crippen molar-refractivity contribution in [3.05, 3.63) is 59.5 Å². The van der Waals surface area contributed by atoms with E-state index in [1.165, 1.54) is 5.56 Å². The topological polar surface area (TPSA) is 52.0 Å². The summed E-state index contributed by atoms with van der Waals surface area (Å²) in [5.74, 6) is 0.767. The molecule has 2 aromatic carbocycles. The summed E-state index contributed by atoms with van der Waals surface area (Å²) in [7, 11) is 0. The average Bonchev–Trinajstić information content (AvgIpc) is 2.79. The molecule has 0 aliphatic carbocycles. The largest absolute Gasteiger partial charge is 0.441 e. The van der Waals surface area contributed by atoms with Crippen molar-refractivity contribution >= 4 is 16.8 Å². The van der Waals surface area contributed by atoms with E-state index in [-0.39, 0.29) is 0 Å². The molecule has 3 rings (SSSR count). The zero-order valence-electron chi connectivity index (χ0n) is 10.9. The number of para-hydroxylation sites is 1. The number of nitrogen functional groups attached to an aromatic ring is 1. The van der Waals surface area contributed by atoms with Crippen LogP contribution in [0.3, 0.4) is 0 Å². The van der Waals surface area contributed by atoms with Crippen molar-refractivity contribution in [2.45, 2.75) is 19.8 Å². The predicted octanol–water partition coefficient (Wildman–Crippen LogP) is 3.50. The lowest BCUT2D eigenvalue weighted by Crippen LogP contribution is -1.96. The second-order valence-electron chi connectivity index (χ2n) is 4.78. The van der Waals surface area contributed by atoms with Crippen molar-refractivity contribution in [2.75, 3.05) is 5.73 Å². The van der Waals surface area contributed by atoms with Crippen molar-refractivity contribution in [1.29, 1.82) is 0 Å². The number of fused-ring (bicyclic) bond motifs is 1. The van der Waals surface area contributed by atoms with Crippen LogP contribution in [-0.4, -0.2) is 4.98 Å². The number of nitrogens with two attached hydrogens (primary N) is 1. The molecule has 1 aromatic heterocycles. The van der Waals surface area contributed by atoms with Gasteiger partial charge in [0.15, 0.2) is 11.5 Å². The number of hydrogen-bond donors (Lipinski definition) is 1. The Bertz CT molecular complexity index is 716.